The lowest BCUT2D eigenvalue weighted by molar-refractivity contribution is -0.0163. The van der Waals surface area contributed by atoms with E-state index in [9.17, 15) is 8.42 Å². The van der Waals surface area contributed by atoms with E-state index in [4.69, 9.17) is 16.3 Å². The van der Waals surface area contributed by atoms with Crippen LogP contribution in [0.3, 0.4) is 0 Å². The Hall–Kier alpha value is -2.34. The molecule has 2 aliphatic rings. The van der Waals surface area contributed by atoms with Crippen molar-refractivity contribution in [1.82, 2.24) is 4.90 Å². The number of fused-ring (bicyclic) bond motifs is 1. The van der Waals surface area contributed by atoms with Gasteiger partial charge in [-0.1, -0.05) is 54.1 Å². The smallest absolute Gasteiger partial charge is 0.151 e. The number of likely N-dealkylation sites (tertiary alicyclic amines) is 1. The van der Waals surface area contributed by atoms with Crippen molar-refractivity contribution in [3.8, 4) is 16.9 Å². The Morgan fingerprint density at radius 1 is 0.912 bits per heavy atom. The van der Waals surface area contributed by atoms with E-state index < -0.39 is 9.84 Å². The van der Waals surface area contributed by atoms with Gasteiger partial charge in [-0.15, -0.1) is 0 Å². The summed E-state index contributed by atoms with van der Waals surface area (Å²) in [7, 11) is -3.03. The van der Waals surface area contributed by atoms with Crippen LogP contribution in [-0.4, -0.2) is 38.3 Å². The van der Waals surface area contributed by atoms with Gasteiger partial charge in [-0.25, -0.2) is 8.42 Å². The van der Waals surface area contributed by atoms with Crippen molar-refractivity contribution < 1.29 is 13.2 Å². The molecule has 6 heteroatoms. The molecule has 34 heavy (non-hydrogen) atoms. The van der Waals surface area contributed by atoms with Gasteiger partial charge in [0.15, 0.2) is 9.84 Å². The molecule has 0 unspecified atom stereocenters. The molecule has 0 atom stereocenters. The number of rotatable bonds is 5. The second-order valence-corrected chi connectivity index (χ2v) is 12.4. The summed E-state index contributed by atoms with van der Waals surface area (Å²) < 4.78 is 29.7. The third kappa shape index (κ3) is 5.48. The van der Waals surface area contributed by atoms with E-state index in [1.165, 1.54) is 17.4 Å². The van der Waals surface area contributed by atoms with E-state index in [-0.39, 0.29) is 11.4 Å². The van der Waals surface area contributed by atoms with Crippen molar-refractivity contribution in [2.45, 2.75) is 43.6 Å². The van der Waals surface area contributed by atoms with Gasteiger partial charge in [0.2, 0.25) is 0 Å². The van der Waals surface area contributed by atoms with Crippen LogP contribution in [0.1, 0.15) is 36.0 Å². The Kier molecular flexibility index (Phi) is 6.45. The molecule has 4 nitrogen and oxygen atoms in total. The highest BCUT2D eigenvalue weighted by atomic mass is 35.5. The van der Waals surface area contributed by atoms with Crippen LogP contribution >= 0.6 is 11.6 Å². The summed E-state index contributed by atoms with van der Waals surface area (Å²) in [6, 6.07) is 22.4. The first-order valence-corrected chi connectivity index (χ1v) is 14.3. The maximum Gasteiger partial charge on any atom is 0.151 e. The van der Waals surface area contributed by atoms with Crippen molar-refractivity contribution in [1.29, 1.82) is 0 Å². The number of hydrogen-bond acceptors (Lipinski definition) is 4. The molecule has 178 valence electrons. The molecule has 2 aliphatic heterocycles. The molecule has 0 N–H and O–H groups in total. The van der Waals surface area contributed by atoms with E-state index in [0.29, 0.717) is 0 Å². The van der Waals surface area contributed by atoms with Gasteiger partial charge in [0.25, 0.3) is 0 Å². The molecule has 0 aromatic heterocycles. The van der Waals surface area contributed by atoms with Crippen LogP contribution < -0.4 is 4.74 Å². The number of ether oxygens (including phenoxy) is 1. The average Bonchev–Trinajstić information content (AvgIpc) is 2.80. The van der Waals surface area contributed by atoms with Crippen LogP contribution in [0.5, 0.6) is 5.75 Å². The zero-order chi connectivity index (χ0) is 23.8. The van der Waals surface area contributed by atoms with Crippen molar-refractivity contribution in [3.63, 3.8) is 0 Å². The van der Waals surface area contributed by atoms with E-state index in [0.717, 1.165) is 72.8 Å². The summed E-state index contributed by atoms with van der Waals surface area (Å²) in [5, 5.41) is 0.794. The van der Waals surface area contributed by atoms with Gasteiger partial charge in [-0.2, -0.15) is 0 Å². The SMILES string of the molecule is CS(=O)(=O)Cc1ccc(-c2ccc3c(c2)CCC2(CCN(Cc4cccc(Cl)c4)CC2)O3)cc1. The molecule has 1 fully saturated rings. The largest absolute Gasteiger partial charge is 0.487 e. The molecule has 0 amide bonds. The highest BCUT2D eigenvalue weighted by Gasteiger charge is 2.39. The number of benzene rings is 3. The van der Waals surface area contributed by atoms with Crippen molar-refractivity contribution in [2.75, 3.05) is 19.3 Å². The predicted octanol–water partition coefficient (Wildman–Crippen LogP) is 5.91. The van der Waals surface area contributed by atoms with Crippen LogP contribution in [0.2, 0.25) is 5.02 Å². The van der Waals surface area contributed by atoms with E-state index in [1.54, 1.807) is 0 Å². The standard InChI is InChI=1S/C28H30ClNO3S/c1-34(31,32)20-21-5-7-23(8-6-21)24-9-10-27-25(18-24)11-12-28(33-27)13-15-30(16-14-28)19-22-3-2-4-26(29)17-22/h2-10,17-18H,11-16,19-20H2,1H3. The topological polar surface area (TPSA) is 46.6 Å². The number of hydrogen-bond donors (Lipinski definition) is 0. The lowest BCUT2D eigenvalue weighted by Crippen LogP contribution is -2.49. The fraction of sp³-hybridized carbons (Fsp3) is 0.357. The molecule has 1 saturated heterocycles. The van der Waals surface area contributed by atoms with Crippen molar-refractivity contribution >= 4 is 21.4 Å². The highest BCUT2D eigenvalue weighted by molar-refractivity contribution is 7.89. The molecule has 0 saturated carbocycles. The van der Waals surface area contributed by atoms with E-state index in [1.807, 2.05) is 36.4 Å². The fourth-order valence-electron chi connectivity index (χ4n) is 5.16. The molecule has 3 aromatic carbocycles. The summed E-state index contributed by atoms with van der Waals surface area (Å²) in [4.78, 5) is 2.49. The zero-order valence-corrected chi connectivity index (χ0v) is 21.0. The number of halogens is 1. The normalized spacial score (nSPS) is 17.8. The van der Waals surface area contributed by atoms with E-state index >= 15 is 0 Å². The monoisotopic (exact) mass is 495 g/mol. The third-order valence-corrected chi connectivity index (χ3v) is 8.11. The van der Waals surface area contributed by atoms with Gasteiger partial charge in [0.05, 0.1) is 5.75 Å². The lowest BCUT2D eigenvalue weighted by atomic mass is 9.82. The number of piperidine rings is 1. The molecule has 2 heterocycles. The summed E-state index contributed by atoms with van der Waals surface area (Å²) in [5.41, 5.74) is 5.50. The Bertz CT molecular complexity index is 1280. The second kappa shape index (κ2) is 9.37. The maximum absolute atomic E-state index is 11.5. The Morgan fingerprint density at radius 3 is 2.35 bits per heavy atom. The summed E-state index contributed by atoms with van der Waals surface area (Å²) in [6.45, 7) is 2.99. The van der Waals surface area contributed by atoms with Crippen molar-refractivity contribution in [2.24, 2.45) is 0 Å². The molecular formula is C28H30ClNO3S. The summed E-state index contributed by atoms with van der Waals surface area (Å²) in [5.74, 6) is 1.08. The molecule has 1 spiro atoms. The molecule has 5 rings (SSSR count). The fourth-order valence-corrected chi connectivity index (χ4v) is 6.17. The van der Waals surface area contributed by atoms with Crippen LogP contribution in [-0.2, 0) is 28.6 Å². The van der Waals surface area contributed by atoms with Gasteiger partial charge < -0.3 is 4.74 Å². The number of aryl methyl sites for hydroxylation is 1. The van der Waals surface area contributed by atoms with Crippen LogP contribution in [0, 0.1) is 0 Å². The second-order valence-electron chi connectivity index (χ2n) is 9.78. The first kappa shape index (κ1) is 23.4. The predicted molar refractivity (Wildman–Crippen MR) is 138 cm³/mol. The molecular weight excluding hydrogens is 466 g/mol. The van der Waals surface area contributed by atoms with Gasteiger partial charge in [-0.3, -0.25) is 4.90 Å². The summed E-state index contributed by atoms with van der Waals surface area (Å²) in [6.07, 6.45) is 5.40. The Balaban J connectivity index is 1.23. The molecule has 3 aromatic rings. The highest BCUT2D eigenvalue weighted by Crippen LogP contribution is 2.41. The minimum atomic E-state index is -3.03. The maximum atomic E-state index is 11.5. The minimum Gasteiger partial charge on any atom is -0.487 e. The number of sulfone groups is 1. The van der Waals surface area contributed by atoms with E-state index in [2.05, 4.69) is 35.2 Å². The summed E-state index contributed by atoms with van der Waals surface area (Å²) >= 11 is 6.15. The van der Waals surface area contributed by atoms with Gasteiger partial charge >= 0.3 is 0 Å². The molecule has 0 radical (unpaired) electrons. The first-order chi connectivity index (χ1) is 16.3. The van der Waals surface area contributed by atoms with Gasteiger partial charge in [0, 0.05) is 30.9 Å². The minimum absolute atomic E-state index is 0.0629. The van der Waals surface area contributed by atoms with Crippen LogP contribution in [0.25, 0.3) is 11.1 Å². The third-order valence-electron chi connectivity index (χ3n) is 7.02. The van der Waals surface area contributed by atoms with Crippen LogP contribution in [0.15, 0.2) is 66.7 Å². The van der Waals surface area contributed by atoms with Crippen LogP contribution in [0.4, 0.5) is 0 Å². The Morgan fingerprint density at radius 2 is 1.65 bits per heavy atom. The van der Waals surface area contributed by atoms with Crippen molar-refractivity contribution in [3.05, 3.63) is 88.4 Å². The quantitative estimate of drug-likeness (QED) is 0.441. The van der Waals surface area contributed by atoms with Gasteiger partial charge in [0.1, 0.15) is 11.4 Å². The molecule has 0 aliphatic carbocycles. The lowest BCUT2D eigenvalue weighted by Gasteiger charge is -2.44. The molecule has 0 bridgehead atoms. The Labute approximate surface area is 207 Å². The van der Waals surface area contributed by atoms with Gasteiger partial charge in [-0.05, 0) is 77.8 Å². The number of nitrogens with zero attached hydrogens (tertiary/aromatic N) is 1. The zero-order valence-electron chi connectivity index (χ0n) is 19.5. The first-order valence-electron chi connectivity index (χ1n) is 11.8. The average molecular weight is 496 g/mol.